The molecule has 0 unspecified atom stereocenters. The van der Waals surface area contributed by atoms with Crippen LogP contribution in [0.1, 0.15) is 66.8 Å². The maximum atomic E-state index is 7.69. The largest absolute Gasteiger partial charge is 1.00 e. The fourth-order valence-electron chi connectivity index (χ4n) is 16.2. The fraction of sp³-hybridized carbons (Fsp3) is 0.0370. The predicted molar refractivity (Wildman–Crippen MR) is 484 cm³/mol. The molecule has 0 fully saturated rings. The molecule has 2 aliphatic rings. The van der Waals surface area contributed by atoms with E-state index >= 15 is 0 Å². The monoisotopic (exact) mass is 2290 g/mol. The third-order valence-corrected chi connectivity index (χ3v) is 35.3. The molecule has 16 aromatic carbocycles. The summed E-state index contributed by atoms with van der Waals surface area (Å²) in [5.41, 5.74) is 15.9. The summed E-state index contributed by atoms with van der Waals surface area (Å²) in [5, 5.41) is 12.0. The van der Waals surface area contributed by atoms with Gasteiger partial charge in [-0.15, -0.1) is 70.8 Å². The van der Waals surface area contributed by atoms with Crippen molar-refractivity contribution in [2.24, 2.45) is 0 Å². The zero-order chi connectivity index (χ0) is 76.3. The Balaban J connectivity index is 0.000000150. The fourth-order valence-corrected chi connectivity index (χ4v) is 31.7. The Morgan fingerprint density at radius 3 is 0.543 bits per heavy atom. The molecule has 16 aromatic rings. The molecule has 8 heteroatoms. The molecule has 0 radical (unpaired) electrons. The molecule has 0 saturated heterocycles. The Kier molecular flexibility index (Phi) is 32.0. The van der Waals surface area contributed by atoms with Gasteiger partial charge in [0.15, 0.2) is 11.8 Å². The maximum absolute atomic E-state index is 7.69. The summed E-state index contributed by atoms with van der Waals surface area (Å²) >= 11 is 0. The van der Waals surface area contributed by atoms with E-state index in [1.54, 1.807) is 0 Å². The molecule has 0 saturated carbocycles. The zero-order valence-corrected chi connectivity index (χ0v) is 75.9. The van der Waals surface area contributed by atoms with Gasteiger partial charge in [-0.1, -0.05) is 291 Å². The molecular formula is C108H80Au4P4+4. The summed E-state index contributed by atoms with van der Waals surface area (Å²) in [4.78, 5) is 0. The van der Waals surface area contributed by atoms with Crippen LogP contribution in [0.15, 0.2) is 437 Å². The van der Waals surface area contributed by atoms with E-state index in [1.165, 1.54) is 87.6 Å². The molecule has 0 amide bonds. The van der Waals surface area contributed by atoms with Crippen LogP contribution in [-0.4, -0.2) is 11.8 Å². The van der Waals surface area contributed by atoms with Gasteiger partial charge in [0, 0.05) is 0 Å². The van der Waals surface area contributed by atoms with Gasteiger partial charge in [0.1, 0.15) is 74.1 Å². The summed E-state index contributed by atoms with van der Waals surface area (Å²) < 4.78 is 0. The second-order valence-electron chi connectivity index (χ2n) is 27.7. The van der Waals surface area contributed by atoms with Crippen molar-refractivity contribution < 1.29 is 89.5 Å². The average molecular weight is 2290 g/mol. The molecular weight excluding hydrogens is 2210 g/mol. The van der Waals surface area contributed by atoms with E-state index in [0.29, 0.717) is 0 Å². The van der Waals surface area contributed by atoms with Gasteiger partial charge >= 0.3 is 89.5 Å². The number of rotatable bonds is 16. The maximum Gasteiger partial charge on any atom is 1.00 e. The molecule has 0 heterocycles. The molecule has 0 N–H and O–H groups in total. The molecule has 0 atom stereocenters. The van der Waals surface area contributed by atoms with E-state index in [4.69, 9.17) is 25.7 Å². The molecule has 0 aromatic heterocycles. The van der Waals surface area contributed by atoms with Crippen molar-refractivity contribution in [2.45, 2.75) is 10.8 Å². The zero-order valence-electron chi connectivity index (χ0n) is 63.2. The second kappa shape index (κ2) is 42.5. The van der Waals surface area contributed by atoms with E-state index in [2.05, 4.69) is 400 Å². The van der Waals surface area contributed by atoms with Crippen molar-refractivity contribution in [1.82, 2.24) is 0 Å². The minimum Gasteiger partial charge on any atom is -0.366 e. The number of benzene rings is 16. The van der Waals surface area contributed by atoms with Gasteiger partial charge < -0.3 is 25.7 Å². The molecule has 572 valence electrons. The Morgan fingerprint density at radius 1 is 0.181 bits per heavy atom. The summed E-state index contributed by atoms with van der Waals surface area (Å²) in [7, 11) is -3.39. The van der Waals surface area contributed by atoms with Gasteiger partial charge in [0.25, 0.3) is 0 Å². The van der Waals surface area contributed by atoms with Crippen molar-refractivity contribution in [3.8, 4) is 45.9 Å². The third-order valence-electron chi connectivity index (χ3n) is 21.4. The first-order valence-electron chi connectivity index (χ1n) is 37.8. The van der Waals surface area contributed by atoms with Crippen LogP contribution in [0, 0.1) is 49.4 Å². The quantitative estimate of drug-likeness (QED) is 0.0391. The van der Waals surface area contributed by atoms with Gasteiger partial charge in [0.2, 0.25) is 0 Å². The van der Waals surface area contributed by atoms with Crippen LogP contribution in [0.4, 0.5) is 0 Å². The van der Waals surface area contributed by atoms with Crippen molar-refractivity contribution in [3.63, 3.8) is 0 Å². The molecule has 116 heavy (non-hydrogen) atoms. The third kappa shape index (κ3) is 19.0. The van der Waals surface area contributed by atoms with Crippen molar-refractivity contribution in [1.29, 1.82) is 0 Å². The van der Waals surface area contributed by atoms with Gasteiger partial charge in [-0.25, -0.2) is 0 Å². The van der Waals surface area contributed by atoms with E-state index in [9.17, 15) is 0 Å². The molecule has 0 nitrogen and oxygen atoms in total. The van der Waals surface area contributed by atoms with E-state index < -0.39 is 42.5 Å². The van der Waals surface area contributed by atoms with Crippen LogP contribution >= 0.6 is 31.7 Å². The van der Waals surface area contributed by atoms with Crippen LogP contribution < -0.4 is 42.4 Å². The molecule has 0 aliphatic heterocycles. The van der Waals surface area contributed by atoms with Gasteiger partial charge in [-0.3, -0.25) is 23.7 Å². The van der Waals surface area contributed by atoms with Gasteiger partial charge in [-0.05, 0) is 164 Å². The number of hydrogen-bond acceptors (Lipinski definition) is 0. The number of fused-ring (bicyclic) bond motifs is 6. The topological polar surface area (TPSA) is 0 Å². The SMILES string of the molecule is [Au+].[Au+].[Au+].[Au+].[C-]#Cc1ccc2c(c1)-c1ccc(C#[C-])cc1C2(c1ccccc1)c1ccccc1.[C-]#Cc1ccc2c(c1)-c1ccc(C#[C-])cc1C2(c1ccccc1)c1ccccc1.c1ccc([PH+](C[PH+](c2ccccc2)c2ccccc2)c2ccccc2)cc1.c1ccc([PH+](C[PH+](c2ccccc2)c2ccccc2)c2ccccc2)cc1. The first-order valence-corrected chi connectivity index (χ1v) is 44.6. The summed E-state index contributed by atoms with van der Waals surface area (Å²) in [5.74, 6) is 12.7. The number of hydrogen-bond donors (Lipinski definition) is 0. The molecule has 0 bridgehead atoms. The molecule has 0 spiro atoms. The van der Waals surface area contributed by atoms with Crippen molar-refractivity contribution >= 4 is 74.1 Å². The normalized spacial score (nSPS) is 11.7. The summed E-state index contributed by atoms with van der Waals surface area (Å²) in [6.45, 7) is 0. The van der Waals surface area contributed by atoms with Crippen molar-refractivity contribution in [2.75, 3.05) is 11.8 Å². The van der Waals surface area contributed by atoms with Gasteiger partial charge in [-0.2, -0.15) is 0 Å². The summed E-state index contributed by atoms with van der Waals surface area (Å²) in [6.07, 6.45) is 30.6. The van der Waals surface area contributed by atoms with Crippen LogP contribution in [0.5, 0.6) is 0 Å². The van der Waals surface area contributed by atoms with Gasteiger partial charge in [0.05, 0.1) is 10.8 Å². The van der Waals surface area contributed by atoms with Crippen LogP contribution in [0.2, 0.25) is 0 Å². The average Bonchev–Trinajstić information content (AvgIpc) is 1.54. The van der Waals surface area contributed by atoms with E-state index in [-0.39, 0.29) is 89.5 Å². The van der Waals surface area contributed by atoms with Crippen LogP contribution in [-0.2, 0) is 100 Å². The first kappa shape index (κ1) is 87.3. The summed E-state index contributed by atoms with van der Waals surface area (Å²) in [6, 6.07) is 155. The Bertz CT molecular complexity index is 5210. The minimum absolute atomic E-state index is 0. The van der Waals surface area contributed by atoms with E-state index in [1.807, 2.05) is 60.7 Å². The van der Waals surface area contributed by atoms with E-state index in [0.717, 1.165) is 55.6 Å². The van der Waals surface area contributed by atoms with Crippen LogP contribution in [0.25, 0.3) is 22.3 Å². The second-order valence-corrected chi connectivity index (χ2v) is 39.0. The smallest absolute Gasteiger partial charge is 0.366 e. The molecule has 2 aliphatic carbocycles. The first-order chi connectivity index (χ1) is 55.4. The Hall–Kier alpha value is -9.56. The Labute approximate surface area is 753 Å². The molecule has 18 rings (SSSR count). The Morgan fingerprint density at radius 2 is 0.353 bits per heavy atom. The predicted octanol–water partition coefficient (Wildman–Crippen LogP) is 21.2. The van der Waals surface area contributed by atoms with Crippen molar-refractivity contribution in [3.05, 3.63) is 529 Å². The minimum atomic E-state index is -0.847. The van der Waals surface area contributed by atoms with Crippen LogP contribution in [0.3, 0.4) is 0 Å². The standard InChI is InChI=1S/2C29H16.2C25H22P2.4Au/c2*1-3-21-16-18-27-26(19-21)25-17-15-22(4-2)20-28(25)29(27,23-11-7-5-8-12-23)24-13-9-6-10-14-24;2*1-5-13-22(14-6-1)26(23-15-7-2-8-16-23)21-27(24-17-9-3-10-18-24)25-19-11-4-12-20-25;;;;/h2*5-20H;2*1-20H,21H2;;;;/q2*-2;;;4*+1/p+4.